The maximum Gasteiger partial charge on any atom is 0.0686 e. The summed E-state index contributed by atoms with van der Waals surface area (Å²) in [6.45, 7) is 5.35. The van der Waals surface area contributed by atoms with Crippen LogP contribution in [0.15, 0.2) is 40.6 Å². The van der Waals surface area contributed by atoms with E-state index in [0.29, 0.717) is 0 Å². The van der Waals surface area contributed by atoms with Crippen molar-refractivity contribution < 1.29 is 0 Å². The van der Waals surface area contributed by atoms with Crippen LogP contribution in [0.2, 0.25) is 5.02 Å². The Morgan fingerprint density at radius 1 is 1.20 bits per heavy atom. The first-order valence-corrected chi connectivity index (χ1v) is 9.19. The van der Waals surface area contributed by atoms with Gasteiger partial charge in [0.15, 0.2) is 0 Å². The van der Waals surface area contributed by atoms with E-state index in [4.69, 9.17) is 11.6 Å². The van der Waals surface area contributed by atoms with E-state index < -0.39 is 0 Å². The van der Waals surface area contributed by atoms with Crippen LogP contribution in [-0.4, -0.2) is 12.3 Å². The fourth-order valence-electron chi connectivity index (χ4n) is 2.09. The number of nitrogens with one attached hydrogen (secondary N) is 1. The minimum absolute atomic E-state index is 0.197. The summed E-state index contributed by atoms with van der Waals surface area (Å²) < 4.78 is 0. The first-order valence-electron chi connectivity index (χ1n) is 6.95. The zero-order valence-corrected chi connectivity index (χ0v) is 14.2. The molecule has 0 aliphatic heterocycles. The van der Waals surface area contributed by atoms with Gasteiger partial charge in [-0.05, 0) is 47.9 Å². The van der Waals surface area contributed by atoms with Crippen LogP contribution in [0.4, 0.5) is 0 Å². The third-order valence-corrected chi connectivity index (χ3v) is 5.35. The highest BCUT2D eigenvalue weighted by Gasteiger charge is 2.17. The van der Waals surface area contributed by atoms with Gasteiger partial charge in [-0.25, -0.2) is 0 Å². The van der Waals surface area contributed by atoms with Gasteiger partial charge in [-0.1, -0.05) is 37.6 Å². The number of thiophene rings is 1. The summed E-state index contributed by atoms with van der Waals surface area (Å²) in [6.07, 6.45) is 1.11. The van der Waals surface area contributed by atoms with Crippen molar-refractivity contribution in [1.29, 1.82) is 0 Å². The zero-order valence-electron chi connectivity index (χ0n) is 11.9. The molecule has 1 unspecified atom stereocenters. The molecule has 2 rings (SSSR count). The number of hydrogen-bond donors (Lipinski definition) is 1. The molecule has 1 aromatic carbocycles. The van der Waals surface area contributed by atoms with Crippen molar-refractivity contribution in [2.45, 2.75) is 31.2 Å². The van der Waals surface area contributed by atoms with E-state index in [1.165, 1.54) is 15.3 Å². The average molecular weight is 326 g/mol. The van der Waals surface area contributed by atoms with Gasteiger partial charge >= 0.3 is 0 Å². The molecule has 1 heterocycles. The van der Waals surface area contributed by atoms with Gasteiger partial charge in [-0.3, -0.25) is 0 Å². The lowest BCUT2D eigenvalue weighted by molar-refractivity contribution is 0.606. The molecule has 20 heavy (non-hydrogen) atoms. The first-order chi connectivity index (χ1) is 9.76. The van der Waals surface area contributed by atoms with E-state index in [9.17, 15) is 0 Å². The van der Waals surface area contributed by atoms with Gasteiger partial charge in [0.2, 0.25) is 0 Å². The summed E-state index contributed by atoms with van der Waals surface area (Å²) >= 11 is 9.90. The van der Waals surface area contributed by atoms with E-state index in [-0.39, 0.29) is 6.04 Å². The van der Waals surface area contributed by atoms with Gasteiger partial charge < -0.3 is 5.32 Å². The van der Waals surface area contributed by atoms with Crippen LogP contribution < -0.4 is 5.32 Å². The van der Waals surface area contributed by atoms with E-state index in [1.807, 2.05) is 17.8 Å². The van der Waals surface area contributed by atoms with E-state index >= 15 is 0 Å². The van der Waals surface area contributed by atoms with E-state index in [2.05, 4.69) is 48.8 Å². The quantitative estimate of drug-likeness (QED) is 0.665. The van der Waals surface area contributed by atoms with Crippen molar-refractivity contribution in [3.8, 4) is 0 Å². The topological polar surface area (TPSA) is 12.0 Å². The van der Waals surface area contributed by atoms with Crippen molar-refractivity contribution >= 4 is 34.7 Å². The number of hydrogen-bond acceptors (Lipinski definition) is 3. The van der Waals surface area contributed by atoms with Gasteiger partial charge in [0.05, 0.1) is 11.1 Å². The molecule has 4 heteroatoms. The summed E-state index contributed by atoms with van der Waals surface area (Å²) in [5, 5.41) is 6.51. The molecule has 0 amide bonds. The van der Waals surface area contributed by atoms with Crippen molar-refractivity contribution in [2.75, 3.05) is 12.3 Å². The molecule has 1 N–H and O–H groups in total. The number of thioether (sulfide) groups is 1. The van der Waals surface area contributed by atoms with Crippen LogP contribution >= 0.6 is 34.7 Å². The molecular formula is C16H20ClNS2. The highest BCUT2D eigenvalue weighted by molar-refractivity contribution is 7.99. The fourth-order valence-corrected chi connectivity index (χ4v) is 4.01. The molecule has 0 fully saturated rings. The molecular weight excluding hydrogens is 306 g/mol. The zero-order chi connectivity index (χ0) is 14.4. The molecule has 0 bridgehead atoms. The number of rotatable bonds is 7. The lowest BCUT2D eigenvalue weighted by Gasteiger charge is -2.18. The Bertz CT molecular complexity index is 522. The highest BCUT2D eigenvalue weighted by atomic mass is 35.5. The van der Waals surface area contributed by atoms with Crippen molar-refractivity contribution in [3.63, 3.8) is 0 Å². The van der Waals surface area contributed by atoms with Crippen molar-refractivity contribution in [2.24, 2.45) is 0 Å². The van der Waals surface area contributed by atoms with E-state index in [0.717, 1.165) is 23.7 Å². The van der Waals surface area contributed by atoms with Crippen molar-refractivity contribution in [1.82, 2.24) is 5.32 Å². The summed E-state index contributed by atoms with van der Waals surface area (Å²) in [7, 11) is 0. The Hall–Kier alpha value is -0.480. The minimum atomic E-state index is 0.197. The van der Waals surface area contributed by atoms with Crippen LogP contribution in [0.5, 0.6) is 0 Å². The standard InChI is InChI=1S/C16H20ClNS2/c1-3-10-18-15(16-14(17)9-11-20-16)12-5-7-13(8-6-12)19-4-2/h5-9,11,15,18H,3-4,10H2,1-2H3. The average Bonchev–Trinajstić information content (AvgIpc) is 2.88. The molecule has 108 valence electrons. The highest BCUT2D eigenvalue weighted by Crippen LogP contribution is 2.33. The molecule has 0 aliphatic rings. The smallest absolute Gasteiger partial charge is 0.0686 e. The van der Waals surface area contributed by atoms with Crippen LogP contribution in [0.25, 0.3) is 0 Å². The second kappa shape index (κ2) is 8.08. The van der Waals surface area contributed by atoms with Gasteiger partial charge in [-0.2, -0.15) is 0 Å². The van der Waals surface area contributed by atoms with Gasteiger partial charge in [0.25, 0.3) is 0 Å². The van der Waals surface area contributed by atoms with Crippen LogP contribution in [0.1, 0.15) is 36.8 Å². The molecule has 1 aromatic heterocycles. The summed E-state index contributed by atoms with van der Waals surface area (Å²) in [4.78, 5) is 2.53. The maximum atomic E-state index is 6.31. The van der Waals surface area contributed by atoms with Gasteiger partial charge in [0.1, 0.15) is 0 Å². The largest absolute Gasteiger partial charge is 0.306 e. The fraction of sp³-hybridized carbons (Fsp3) is 0.375. The SMILES string of the molecule is CCCNC(c1ccc(SCC)cc1)c1sccc1Cl. The lowest BCUT2D eigenvalue weighted by Crippen LogP contribution is -2.22. The third-order valence-electron chi connectivity index (χ3n) is 3.03. The summed E-state index contributed by atoms with van der Waals surface area (Å²) in [6, 6.07) is 11.0. The molecule has 1 nitrogen and oxygen atoms in total. The molecule has 0 saturated heterocycles. The third kappa shape index (κ3) is 4.01. The first kappa shape index (κ1) is 15.9. The molecule has 0 saturated carbocycles. The summed E-state index contributed by atoms with van der Waals surface area (Å²) in [5.41, 5.74) is 1.28. The Balaban J connectivity index is 2.24. The molecule has 0 radical (unpaired) electrons. The van der Waals surface area contributed by atoms with Crippen LogP contribution in [0, 0.1) is 0 Å². The lowest BCUT2D eigenvalue weighted by atomic mass is 10.1. The molecule has 1 atom stereocenters. The normalized spacial score (nSPS) is 12.6. The van der Waals surface area contributed by atoms with Crippen LogP contribution in [0.3, 0.4) is 0 Å². The maximum absolute atomic E-state index is 6.31. The second-order valence-electron chi connectivity index (χ2n) is 4.52. The molecule has 0 aliphatic carbocycles. The molecule has 0 spiro atoms. The van der Waals surface area contributed by atoms with Crippen LogP contribution in [-0.2, 0) is 0 Å². The number of benzene rings is 1. The van der Waals surface area contributed by atoms with Gasteiger partial charge in [0, 0.05) is 9.77 Å². The van der Waals surface area contributed by atoms with Gasteiger partial charge in [-0.15, -0.1) is 23.1 Å². The van der Waals surface area contributed by atoms with Crippen molar-refractivity contribution in [3.05, 3.63) is 51.2 Å². The van der Waals surface area contributed by atoms with E-state index in [1.54, 1.807) is 11.3 Å². The monoisotopic (exact) mass is 325 g/mol. The minimum Gasteiger partial charge on any atom is -0.306 e. The predicted octanol–water partition coefficient (Wildman–Crippen LogP) is 5.60. The Morgan fingerprint density at radius 3 is 2.50 bits per heavy atom. The Morgan fingerprint density at radius 2 is 1.95 bits per heavy atom. The Labute approximate surface area is 134 Å². The molecule has 2 aromatic rings. The number of halogens is 1. The second-order valence-corrected chi connectivity index (χ2v) is 7.21. The summed E-state index contributed by atoms with van der Waals surface area (Å²) in [5.74, 6) is 1.10. The Kier molecular flexibility index (Phi) is 6.43. The predicted molar refractivity (Wildman–Crippen MR) is 92.3 cm³/mol.